The molecule has 1 aromatic heterocycles. The maximum Gasteiger partial charge on any atom is 0.272 e. The van der Waals surface area contributed by atoms with E-state index in [1.54, 1.807) is 86.0 Å². The first-order valence-corrected chi connectivity index (χ1v) is 14.6. The fourth-order valence-electron chi connectivity index (χ4n) is 4.25. The molecule has 220 valence electrons. The molecule has 44 heavy (non-hydrogen) atoms. The number of amides is 3. The molecule has 8 nitrogen and oxygen atoms in total. The van der Waals surface area contributed by atoms with Gasteiger partial charge in [-0.15, -0.1) is 11.8 Å². The molecule has 0 bridgehead atoms. The van der Waals surface area contributed by atoms with Gasteiger partial charge in [-0.05, 0) is 60.2 Å². The van der Waals surface area contributed by atoms with Crippen molar-refractivity contribution in [2.75, 3.05) is 17.7 Å². The van der Waals surface area contributed by atoms with Gasteiger partial charge in [0.2, 0.25) is 5.91 Å². The molecule has 0 spiro atoms. The van der Waals surface area contributed by atoms with Crippen molar-refractivity contribution in [1.29, 1.82) is 0 Å². The summed E-state index contributed by atoms with van der Waals surface area (Å²) in [4.78, 5) is 40.6. The average Bonchev–Trinajstić information content (AvgIpc) is 3.57. The molecular weight excluding hydrogens is 574 g/mol. The van der Waals surface area contributed by atoms with Gasteiger partial charge in [0, 0.05) is 34.0 Å². The summed E-state index contributed by atoms with van der Waals surface area (Å²) in [5.74, 6) is -0.147. The van der Waals surface area contributed by atoms with Gasteiger partial charge in [-0.2, -0.15) is 0 Å². The van der Waals surface area contributed by atoms with Crippen molar-refractivity contribution in [3.05, 3.63) is 150 Å². The van der Waals surface area contributed by atoms with Gasteiger partial charge in [0.1, 0.15) is 22.5 Å². The number of carbonyl (C=O) groups excluding carboxylic acids is 3. The molecule has 0 saturated heterocycles. The summed E-state index contributed by atoms with van der Waals surface area (Å²) in [5, 5.41) is 7.94. The van der Waals surface area contributed by atoms with Crippen LogP contribution >= 0.6 is 11.8 Å². The number of carbonyl (C=O) groups is 3. The molecule has 1 heterocycles. The molecule has 5 rings (SSSR count). The average molecular weight is 604 g/mol. The first-order valence-electron chi connectivity index (χ1n) is 13.7. The topological polar surface area (TPSA) is 110 Å². The number of ether oxygens (including phenoxy) is 1. The quantitative estimate of drug-likeness (QED) is 0.109. The molecule has 9 heteroatoms. The van der Waals surface area contributed by atoms with Crippen LogP contribution in [0.4, 0.5) is 11.4 Å². The first-order chi connectivity index (χ1) is 21.5. The molecule has 0 saturated carbocycles. The van der Waals surface area contributed by atoms with Gasteiger partial charge in [-0.1, -0.05) is 60.7 Å². The third-order valence-corrected chi connectivity index (χ3v) is 7.63. The van der Waals surface area contributed by atoms with E-state index < -0.39 is 17.1 Å². The Balaban J connectivity index is 1.35. The molecule has 0 aliphatic carbocycles. The molecule has 0 aliphatic rings. The van der Waals surface area contributed by atoms with E-state index in [1.807, 2.05) is 42.5 Å². The predicted octanol–water partition coefficient (Wildman–Crippen LogP) is 7.17. The van der Waals surface area contributed by atoms with Gasteiger partial charge in [-0.25, -0.2) is 0 Å². The van der Waals surface area contributed by atoms with Crippen LogP contribution in [0.25, 0.3) is 6.08 Å². The van der Waals surface area contributed by atoms with Gasteiger partial charge in [0.05, 0.1) is 13.4 Å². The molecule has 1 unspecified atom stereocenters. The lowest BCUT2D eigenvalue weighted by Gasteiger charge is -2.18. The highest BCUT2D eigenvalue weighted by molar-refractivity contribution is 8.00. The normalized spacial score (nSPS) is 11.7. The summed E-state index contributed by atoms with van der Waals surface area (Å²) in [6.45, 7) is 0. The number of benzene rings is 4. The fraction of sp³-hybridized carbons (Fsp3) is 0.0571. The zero-order valence-electron chi connectivity index (χ0n) is 23.7. The highest BCUT2D eigenvalue weighted by atomic mass is 32.2. The standard InChI is InChI=1S/C35H29N3O5S/c1-42-28-17-8-15-26(21-28)37-35(41)32(24-11-4-2-5-12-24)44-30-19-9-16-27(22-30)36-34(40)31(23-29-18-10-20-43-29)38-33(39)25-13-6-3-7-14-25/h2-23,32H,1H3,(H,36,40)(H,37,41)(H,38,39)/b31-23-. The van der Waals surface area contributed by atoms with Crippen LogP contribution in [0.3, 0.4) is 0 Å². The van der Waals surface area contributed by atoms with Crippen LogP contribution < -0.4 is 20.7 Å². The summed E-state index contributed by atoms with van der Waals surface area (Å²) < 4.78 is 10.7. The third kappa shape index (κ3) is 8.05. The number of nitrogens with one attached hydrogen (secondary N) is 3. The summed E-state index contributed by atoms with van der Waals surface area (Å²) >= 11 is 1.35. The van der Waals surface area contributed by atoms with E-state index in [-0.39, 0.29) is 11.6 Å². The van der Waals surface area contributed by atoms with Gasteiger partial charge in [0.15, 0.2) is 0 Å². The van der Waals surface area contributed by atoms with Crippen LogP contribution in [0.15, 0.2) is 143 Å². The number of anilines is 2. The Labute approximate surface area is 259 Å². The van der Waals surface area contributed by atoms with Crippen molar-refractivity contribution in [3.8, 4) is 5.75 Å². The summed E-state index contributed by atoms with van der Waals surface area (Å²) in [7, 11) is 1.57. The number of furan rings is 1. The second-order valence-electron chi connectivity index (χ2n) is 9.51. The van der Waals surface area contributed by atoms with Crippen LogP contribution in [-0.2, 0) is 9.59 Å². The number of hydrogen-bond acceptors (Lipinski definition) is 6. The van der Waals surface area contributed by atoms with E-state index in [1.165, 1.54) is 24.1 Å². The highest BCUT2D eigenvalue weighted by Crippen LogP contribution is 2.37. The van der Waals surface area contributed by atoms with E-state index in [4.69, 9.17) is 9.15 Å². The number of methoxy groups -OCH3 is 1. The van der Waals surface area contributed by atoms with Gasteiger partial charge in [0.25, 0.3) is 11.8 Å². The summed E-state index contributed by atoms with van der Waals surface area (Å²) in [5.41, 5.74) is 2.33. The first kappa shape index (κ1) is 29.9. The zero-order valence-corrected chi connectivity index (χ0v) is 24.5. The molecule has 3 amide bonds. The third-order valence-electron chi connectivity index (χ3n) is 6.38. The van der Waals surface area contributed by atoms with Gasteiger partial charge < -0.3 is 25.1 Å². The Morgan fingerprint density at radius 2 is 1.48 bits per heavy atom. The van der Waals surface area contributed by atoms with Gasteiger partial charge >= 0.3 is 0 Å². The zero-order chi connectivity index (χ0) is 30.7. The SMILES string of the molecule is COc1cccc(NC(=O)C(Sc2cccc(NC(=O)/C(=C/c3ccco3)NC(=O)c3ccccc3)c2)c2ccccc2)c1. The monoisotopic (exact) mass is 603 g/mol. The Morgan fingerprint density at radius 3 is 2.18 bits per heavy atom. The number of hydrogen-bond donors (Lipinski definition) is 3. The second kappa shape index (κ2) is 14.6. The van der Waals surface area contributed by atoms with Crippen LogP contribution in [0.5, 0.6) is 5.75 Å². The van der Waals surface area contributed by atoms with Crippen molar-refractivity contribution in [3.63, 3.8) is 0 Å². The lowest BCUT2D eigenvalue weighted by atomic mass is 10.1. The van der Waals surface area contributed by atoms with Crippen molar-refractivity contribution in [2.24, 2.45) is 0 Å². The molecular formula is C35H29N3O5S. The smallest absolute Gasteiger partial charge is 0.272 e. The largest absolute Gasteiger partial charge is 0.497 e. The Kier molecular flexibility index (Phi) is 9.91. The Bertz CT molecular complexity index is 1760. The second-order valence-corrected chi connectivity index (χ2v) is 10.7. The molecule has 1 atom stereocenters. The van der Waals surface area contributed by atoms with Crippen molar-refractivity contribution in [1.82, 2.24) is 5.32 Å². The molecule has 5 aromatic rings. The van der Waals surface area contributed by atoms with Crippen LogP contribution in [0.1, 0.15) is 26.9 Å². The van der Waals surface area contributed by atoms with E-state index in [9.17, 15) is 14.4 Å². The van der Waals surface area contributed by atoms with Crippen LogP contribution in [-0.4, -0.2) is 24.8 Å². The molecule has 0 radical (unpaired) electrons. The maximum atomic E-state index is 13.5. The maximum absolute atomic E-state index is 13.5. The minimum absolute atomic E-state index is 0.00619. The van der Waals surface area contributed by atoms with E-state index in [0.29, 0.717) is 28.4 Å². The minimum Gasteiger partial charge on any atom is -0.497 e. The number of rotatable bonds is 11. The van der Waals surface area contributed by atoms with Crippen molar-refractivity contribution < 1.29 is 23.5 Å². The molecule has 3 N–H and O–H groups in total. The summed E-state index contributed by atoms with van der Waals surface area (Å²) in [6, 6.07) is 35.8. The predicted molar refractivity (Wildman–Crippen MR) is 172 cm³/mol. The molecule has 0 aliphatic heterocycles. The lowest BCUT2D eigenvalue weighted by Crippen LogP contribution is -2.30. The van der Waals surface area contributed by atoms with Crippen molar-refractivity contribution >= 4 is 46.9 Å². The number of thioether (sulfide) groups is 1. The Hall–Kier alpha value is -5.54. The molecule has 0 fully saturated rings. The summed E-state index contributed by atoms with van der Waals surface area (Å²) in [6.07, 6.45) is 2.94. The van der Waals surface area contributed by atoms with Crippen LogP contribution in [0, 0.1) is 0 Å². The minimum atomic E-state index is -0.590. The van der Waals surface area contributed by atoms with E-state index in [2.05, 4.69) is 16.0 Å². The van der Waals surface area contributed by atoms with Crippen LogP contribution in [0.2, 0.25) is 0 Å². The fourth-order valence-corrected chi connectivity index (χ4v) is 5.33. The van der Waals surface area contributed by atoms with E-state index in [0.717, 1.165) is 10.5 Å². The Morgan fingerprint density at radius 1 is 0.773 bits per heavy atom. The van der Waals surface area contributed by atoms with Gasteiger partial charge in [-0.3, -0.25) is 14.4 Å². The van der Waals surface area contributed by atoms with E-state index >= 15 is 0 Å². The lowest BCUT2D eigenvalue weighted by molar-refractivity contribution is -0.116. The highest BCUT2D eigenvalue weighted by Gasteiger charge is 2.23. The van der Waals surface area contributed by atoms with Crippen molar-refractivity contribution in [2.45, 2.75) is 10.1 Å². The molecule has 4 aromatic carbocycles.